The summed E-state index contributed by atoms with van der Waals surface area (Å²) >= 11 is 0. The minimum absolute atomic E-state index is 0.0767. The normalized spacial score (nSPS) is 16.6. The van der Waals surface area contributed by atoms with Crippen LogP contribution in [0.25, 0.3) is 0 Å². The van der Waals surface area contributed by atoms with Crippen LogP contribution in [0.4, 0.5) is 0 Å². The van der Waals surface area contributed by atoms with Gasteiger partial charge in [-0.25, -0.2) is 0 Å². The molecule has 0 amide bonds. The number of aryl methyl sites for hydroxylation is 1. The van der Waals surface area contributed by atoms with Crippen LogP contribution in [0.3, 0.4) is 0 Å². The summed E-state index contributed by atoms with van der Waals surface area (Å²) in [6.07, 6.45) is 2.42. The van der Waals surface area contributed by atoms with E-state index in [1.54, 1.807) is 0 Å². The summed E-state index contributed by atoms with van der Waals surface area (Å²) in [7, 11) is 0. The van der Waals surface area contributed by atoms with Crippen molar-refractivity contribution in [2.24, 2.45) is 0 Å². The summed E-state index contributed by atoms with van der Waals surface area (Å²) in [5.41, 5.74) is 1.16. The molecule has 0 fully saturated rings. The molecule has 5 heteroatoms. The lowest BCUT2D eigenvalue weighted by Gasteiger charge is -2.14. The van der Waals surface area contributed by atoms with E-state index in [4.69, 9.17) is 13.0 Å². The molecular formula is C25H37NO4. The lowest BCUT2D eigenvalue weighted by Crippen LogP contribution is -2.22. The van der Waals surface area contributed by atoms with E-state index in [9.17, 15) is 15.3 Å². The minimum atomic E-state index is -2.72. The van der Waals surface area contributed by atoms with Crippen LogP contribution in [0.1, 0.15) is 69.5 Å². The maximum Gasteiger partial charge on any atom is 0.121 e. The lowest BCUT2D eigenvalue weighted by molar-refractivity contribution is 0.126. The van der Waals surface area contributed by atoms with Crippen molar-refractivity contribution in [1.82, 2.24) is 5.32 Å². The van der Waals surface area contributed by atoms with Gasteiger partial charge in [-0.1, -0.05) is 49.2 Å². The zero-order chi connectivity index (χ0) is 26.8. The Morgan fingerprint density at radius 1 is 0.933 bits per heavy atom. The van der Waals surface area contributed by atoms with E-state index in [1.807, 2.05) is 30.3 Å². The van der Waals surface area contributed by atoms with Crippen LogP contribution in [0.5, 0.6) is 5.75 Å². The van der Waals surface area contributed by atoms with Gasteiger partial charge in [-0.2, -0.15) is 0 Å². The van der Waals surface area contributed by atoms with Crippen molar-refractivity contribution >= 4 is 0 Å². The Kier molecular flexibility index (Phi) is 8.35. The van der Waals surface area contributed by atoms with Gasteiger partial charge < -0.3 is 25.4 Å². The third-order valence-electron chi connectivity index (χ3n) is 4.73. The molecule has 2 aromatic rings. The fourth-order valence-electron chi connectivity index (χ4n) is 2.99. The number of ether oxygens (including phenoxy) is 1. The Hall–Kier alpha value is -1.92. The molecule has 2 aromatic carbocycles. The van der Waals surface area contributed by atoms with Crippen LogP contribution in [0.15, 0.2) is 48.5 Å². The molecule has 5 nitrogen and oxygen atoms in total. The van der Waals surface area contributed by atoms with Crippen LogP contribution in [-0.2, 0) is 17.7 Å². The van der Waals surface area contributed by atoms with Gasteiger partial charge in [0.15, 0.2) is 0 Å². The molecule has 0 aliphatic carbocycles. The van der Waals surface area contributed by atoms with Crippen LogP contribution < -0.4 is 5.32 Å². The number of hydrogen-bond donors (Lipinski definition) is 4. The number of aromatic hydroxyl groups is 1. The molecule has 0 saturated carbocycles. The van der Waals surface area contributed by atoms with Gasteiger partial charge in [0, 0.05) is 25.2 Å². The average Bonchev–Trinajstić information content (AvgIpc) is 2.77. The van der Waals surface area contributed by atoms with Crippen LogP contribution in [0.2, 0.25) is 0 Å². The largest absolute Gasteiger partial charge is 0.508 e. The first kappa shape index (κ1) is 16.7. The van der Waals surface area contributed by atoms with Gasteiger partial charge >= 0.3 is 0 Å². The van der Waals surface area contributed by atoms with E-state index in [-0.39, 0.29) is 24.9 Å². The fourth-order valence-corrected chi connectivity index (χ4v) is 2.99. The fraction of sp³-hybridized carbons (Fsp3) is 0.520. The second-order valence-electron chi connectivity index (χ2n) is 7.15. The SMILES string of the molecule is [2H]C([2H])(CCCCCNCC(O)c1ccc(O)c(C([2H])([2H])O)c1)OC([2H])([2H])CCCc1ccccc1. The summed E-state index contributed by atoms with van der Waals surface area (Å²) in [5, 5.41) is 32.6. The Balaban J connectivity index is 1.63. The number of aliphatic hydroxyl groups is 2. The number of rotatable bonds is 16. The summed E-state index contributed by atoms with van der Waals surface area (Å²) in [6.45, 7) is -6.07. The molecule has 0 aromatic heterocycles. The summed E-state index contributed by atoms with van der Waals surface area (Å²) < 4.78 is 51.9. The predicted molar refractivity (Wildman–Crippen MR) is 121 cm³/mol. The van der Waals surface area contributed by atoms with Gasteiger partial charge in [0.2, 0.25) is 0 Å². The van der Waals surface area contributed by atoms with Crippen molar-refractivity contribution in [2.45, 2.75) is 57.6 Å². The zero-order valence-electron chi connectivity index (χ0n) is 23.3. The smallest absolute Gasteiger partial charge is 0.121 e. The summed E-state index contributed by atoms with van der Waals surface area (Å²) in [6, 6.07) is 13.7. The zero-order valence-corrected chi connectivity index (χ0v) is 17.3. The predicted octanol–water partition coefficient (Wildman–Crippen LogP) is 4.11. The van der Waals surface area contributed by atoms with Crippen molar-refractivity contribution < 1.29 is 28.3 Å². The number of phenols is 1. The third-order valence-corrected chi connectivity index (χ3v) is 4.73. The Morgan fingerprint density at radius 3 is 2.43 bits per heavy atom. The first-order valence-corrected chi connectivity index (χ1v) is 10.5. The number of unbranched alkanes of at least 4 members (excludes halogenated alkanes) is 2. The molecule has 1 atom stereocenters. The van der Waals surface area contributed by atoms with Gasteiger partial charge in [-0.15, -0.1) is 0 Å². The van der Waals surface area contributed by atoms with E-state index < -0.39 is 31.5 Å². The molecule has 0 heterocycles. The van der Waals surface area contributed by atoms with E-state index >= 15 is 0 Å². The first-order chi connectivity index (χ1) is 16.8. The highest BCUT2D eigenvalue weighted by Gasteiger charge is 2.09. The number of aliphatic hydroxyl groups excluding tert-OH is 1. The monoisotopic (exact) mass is 421 g/mol. The second-order valence-corrected chi connectivity index (χ2v) is 7.15. The van der Waals surface area contributed by atoms with Crippen molar-refractivity contribution in [1.29, 1.82) is 0 Å². The Bertz CT molecular complexity index is 925. The third kappa shape index (κ3) is 9.72. The molecular weight excluding hydrogens is 378 g/mol. The highest BCUT2D eigenvalue weighted by atomic mass is 16.5. The maximum atomic E-state index is 10.3. The lowest BCUT2D eigenvalue weighted by atomic mass is 10.1. The van der Waals surface area contributed by atoms with E-state index in [0.29, 0.717) is 44.2 Å². The average molecular weight is 422 g/mol. The maximum absolute atomic E-state index is 10.3. The quantitative estimate of drug-likeness (QED) is 0.307. The van der Waals surface area contributed by atoms with Gasteiger partial charge in [0.1, 0.15) is 5.75 Å². The Morgan fingerprint density at radius 2 is 1.67 bits per heavy atom. The molecule has 0 aliphatic rings. The highest BCUT2D eigenvalue weighted by molar-refractivity contribution is 5.36. The van der Waals surface area contributed by atoms with Gasteiger partial charge in [-0.3, -0.25) is 0 Å². The molecule has 4 N–H and O–H groups in total. The van der Waals surface area contributed by atoms with Crippen LogP contribution >= 0.6 is 0 Å². The molecule has 0 saturated heterocycles. The van der Waals surface area contributed by atoms with Gasteiger partial charge in [-0.05, 0) is 61.9 Å². The molecule has 1 unspecified atom stereocenters. The van der Waals surface area contributed by atoms with Gasteiger partial charge in [0.05, 0.1) is 20.9 Å². The summed E-state index contributed by atoms with van der Waals surface area (Å²) in [4.78, 5) is 0. The standard InChI is InChI=1S/C25H37NO4/c27-20-23-18-22(13-14-24(23)28)25(29)19-26-15-7-1-2-8-16-30-17-9-6-12-21-10-4-3-5-11-21/h3-5,10-11,13-14,18,25-29H,1-2,6-9,12,15-17,19-20H2/i16D2,17D2,20D2. The topological polar surface area (TPSA) is 82.0 Å². The minimum Gasteiger partial charge on any atom is -0.508 e. The molecule has 30 heavy (non-hydrogen) atoms. The number of nitrogens with one attached hydrogen (secondary N) is 1. The van der Waals surface area contributed by atoms with Crippen molar-refractivity contribution in [3.63, 3.8) is 0 Å². The molecule has 0 spiro atoms. The van der Waals surface area contributed by atoms with Gasteiger partial charge in [0.25, 0.3) is 0 Å². The van der Waals surface area contributed by atoms with E-state index in [0.717, 1.165) is 5.56 Å². The van der Waals surface area contributed by atoms with E-state index in [1.165, 1.54) is 18.2 Å². The van der Waals surface area contributed by atoms with Crippen molar-refractivity contribution in [3.8, 4) is 5.75 Å². The Labute approximate surface area is 189 Å². The van der Waals surface area contributed by atoms with Crippen LogP contribution in [-0.4, -0.2) is 41.5 Å². The van der Waals surface area contributed by atoms with E-state index in [2.05, 4.69) is 5.32 Å². The highest BCUT2D eigenvalue weighted by Crippen LogP contribution is 2.22. The summed E-state index contributed by atoms with van der Waals surface area (Å²) in [5.74, 6) is -0.393. The first-order valence-electron chi connectivity index (χ1n) is 13.5. The molecule has 0 aliphatic heterocycles. The molecule has 0 bridgehead atoms. The molecule has 2 rings (SSSR count). The number of benzene rings is 2. The van der Waals surface area contributed by atoms with Crippen molar-refractivity contribution in [3.05, 3.63) is 65.2 Å². The molecule has 0 radical (unpaired) electrons. The molecule has 166 valence electrons. The van der Waals surface area contributed by atoms with Crippen molar-refractivity contribution in [2.75, 3.05) is 26.2 Å². The van der Waals surface area contributed by atoms with Crippen LogP contribution in [0, 0.1) is 0 Å². The second kappa shape index (κ2) is 15.0. The number of hydrogen-bond acceptors (Lipinski definition) is 5.